The number of anilines is 3. The molecule has 0 radical (unpaired) electrons. The number of H-pyrrole nitrogens is 1. The van der Waals surface area contributed by atoms with Crippen molar-refractivity contribution in [2.24, 2.45) is 0 Å². The van der Waals surface area contributed by atoms with E-state index in [1.165, 1.54) is 6.07 Å². The molecule has 8 nitrogen and oxygen atoms in total. The van der Waals surface area contributed by atoms with Crippen molar-refractivity contribution >= 4 is 49.9 Å². The largest absolute Gasteiger partial charge is 0.508 e. The van der Waals surface area contributed by atoms with Gasteiger partial charge in [0.2, 0.25) is 5.95 Å². The molecule has 3 heterocycles. The summed E-state index contributed by atoms with van der Waals surface area (Å²) in [6.07, 6.45) is 1.78. The van der Waals surface area contributed by atoms with Crippen LogP contribution < -0.4 is 10.6 Å². The molecule has 144 valence electrons. The summed E-state index contributed by atoms with van der Waals surface area (Å²) in [6.45, 7) is 0.359. The Morgan fingerprint density at radius 2 is 1.86 bits per heavy atom. The number of aromatic amines is 1. The second kappa shape index (κ2) is 6.95. The Morgan fingerprint density at radius 1 is 1.00 bits per heavy atom. The molecule has 0 saturated heterocycles. The van der Waals surface area contributed by atoms with Gasteiger partial charge < -0.3 is 20.8 Å². The number of aromatic nitrogens is 4. The van der Waals surface area contributed by atoms with Gasteiger partial charge >= 0.3 is 0 Å². The average molecular weight is 404 g/mol. The zero-order chi connectivity index (χ0) is 19.8. The Labute approximate surface area is 168 Å². The van der Waals surface area contributed by atoms with Gasteiger partial charge in [0.05, 0.1) is 21.9 Å². The van der Waals surface area contributed by atoms with Crippen LogP contribution in [0, 0.1) is 0 Å². The monoisotopic (exact) mass is 404 g/mol. The average Bonchev–Trinajstić information content (AvgIpc) is 3.34. The highest BCUT2D eigenvalue weighted by Crippen LogP contribution is 2.30. The molecule has 3 aromatic heterocycles. The van der Waals surface area contributed by atoms with Crippen LogP contribution in [0.4, 0.5) is 17.5 Å². The van der Waals surface area contributed by atoms with E-state index in [0.29, 0.717) is 18.3 Å². The fourth-order valence-corrected chi connectivity index (χ4v) is 3.90. The van der Waals surface area contributed by atoms with Gasteiger partial charge in [-0.25, -0.2) is 4.98 Å². The SMILES string of the molecule is Oc1cc(O)cc(CNc2nc(Nc3ccc4[nH]ncc4c3)c3sccc3n2)c1. The number of benzene rings is 2. The number of nitrogens with one attached hydrogen (secondary N) is 3. The fourth-order valence-electron chi connectivity index (χ4n) is 3.12. The first-order chi connectivity index (χ1) is 14.1. The summed E-state index contributed by atoms with van der Waals surface area (Å²) in [6, 6.07) is 12.3. The fraction of sp³-hybridized carbons (Fsp3) is 0.0500. The lowest BCUT2D eigenvalue weighted by Crippen LogP contribution is -2.05. The Balaban J connectivity index is 1.44. The van der Waals surface area contributed by atoms with Crippen molar-refractivity contribution in [3.63, 3.8) is 0 Å². The van der Waals surface area contributed by atoms with Crippen LogP contribution in [0.25, 0.3) is 21.1 Å². The summed E-state index contributed by atoms with van der Waals surface area (Å²) in [4.78, 5) is 9.17. The molecule has 0 atom stereocenters. The molecule has 0 bridgehead atoms. The minimum absolute atomic E-state index is 0.00741. The van der Waals surface area contributed by atoms with Crippen LogP contribution in [-0.2, 0) is 6.54 Å². The lowest BCUT2D eigenvalue weighted by Gasteiger charge is -2.11. The summed E-state index contributed by atoms with van der Waals surface area (Å²) in [7, 11) is 0. The van der Waals surface area contributed by atoms with E-state index in [1.807, 2.05) is 29.6 Å². The summed E-state index contributed by atoms with van der Waals surface area (Å²) in [5, 5.41) is 35.8. The normalized spacial score (nSPS) is 11.2. The number of fused-ring (bicyclic) bond motifs is 2. The number of rotatable bonds is 5. The van der Waals surface area contributed by atoms with Gasteiger partial charge in [-0.2, -0.15) is 10.1 Å². The molecule has 2 aromatic carbocycles. The maximum atomic E-state index is 9.64. The Bertz CT molecular complexity index is 1310. The Hall–Kier alpha value is -3.85. The van der Waals surface area contributed by atoms with Crippen LogP contribution in [0.3, 0.4) is 0 Å². The predicted molar refractivity (Wildman–Crippen MR) is 114 cm³/mol. The Kier molecular flexibility index (Phi) is 4.14. The van der Waals surface area contributed by atoms with Crippen molar-refractivity contribution in [3.05, 3.63) is 59.6 Å². The molecule has 0 fully saturated rings. The van der Waals surface area contributed by atoms with Crippen molar-refractivity contribution in [1.82, 2.24) is 20.2 Å². The van der Waals surface area contributed by atoms with E-state index in [0.717, 1.165) is 32.4 Å². The van der Waals surface area contributed by atoms with Crippen molar-refractivity contribution < 1.29 is 10.2 Å². The molecule has 0 spiro atoms. The van der Waals surface area contributed by atoms with E-state index < -0.39 is 0 Å². The maximum absolute atomic E-state index is 9.64. The van der Waals surface area contributed by atoms with Gasteiger partial charge in [-0.05, 0) is 47.3 Å². The van der Waals surface area contributed by atoms with Crippen LogP contribution >= 0.6 is 11.3 Å². The molecule has 0 aliphatic rings. The molecule has 0 saturated carbocycles. The minimum Gasteiger partial charge on any atom is -0.508 e. The van der Waals surface area contributed by atoms with Crippen LogP contribution in [0.15, 0.2) is 54.0 Å². The van der Waals surface area contributed by atoms with Crippen molar-refractivity contribution in [2.45, 2.75) is 6.54 Å². The lowest BCUT2D eigenvalue weighted by molar-refractivity contribution is 0.449. The third-order valence-electron chi connectivity index (χ3n) is 4.42. The standard InChI is InChI=1S/C20H16N6O2S/c27-14-5-11(6-15(28)8-14)9-21-20-24-17-3-4-29-18(17)19(25-20)23-13-1-2-16-12(7-13)10-22-26-16/h1-8,10,27-28H,9H2,(H,22,26)(H2,21,23,24,25). The van der Waals surface area contributed by atoms with Crippen LogP contribution in [0.1, 0.15) is 5.56 Å². The summed E-state index contributed by atoms with van der Waals surface area (Å²) < 4.78 is 0.956. The van der Waals surface area contributed by atoms with Crippen molar-refractivity contribution in [3.8, 4) is 11.5 Å². The topological polar surface area (TPSA) is 119 Å². The number of aromatic hydroxyl groups is 2. The number of nitrogens with zero attached hydrogens (tertiary/aromatic N) is 3. The molecular formula is C20H16N6O2S. The molecule has 9 heteroatoms. The molecule has 0 amide bonds. The number of phenolic OH excluding ortho intramolecular Hbond substituents is 2. The van der Waals surface area contributed by atoms with Gasteiger partial charge in [-0.3, -0.25) is 5.10 Å². The van der Waals surface area contributed by atoms with Crippen LogP contribution in [0.2, 0.25) is 0 Å². The first-order valence-electron chi connectivity index (χ1n) is 8.85. The first-order valence-corrected chi connectivity index (χ1v) is 9.73. The quantitative estimate of drug-likeness (QED) is 0.296. The first kappa shape index (κ1) is 17.3. The molecular weight excluding hydrogens is 388 g/mol. The smallest absolute Gasteiger partial charge is 0.225 e. The van der Waals surface area contributed by atoms with E-state index in [1.54, 1.807) is 29.7 Å². The van der Waals surface area contributed by atoms with Crippen LogP contribution in [0.5, 0.6) is 11.5 Å². The van der Waals surface area contributed by atoms with Crippen LogP contribution in [-0.4, -0.2) is 30.4 Å². The molecule has 29 heavy (non-hydrogen) atoms. The lowest BCUT2D eigenvalue weighted by atomic mass is 10.2. The van der Waals surface area contributed by atoms with Gasteiger partial charge in [0, 0.05) is 23.7 Å². The predicted octanol–water partition coefficient (Wildman–Crippen LogP) is 4.33. The number of phenols is 2. The molecule has 0 unspecified atom stereocenters. The highest BCUT2D eigenvalue weighted by Gasteiger charge is 2.10. The van der Waals surface area contributed by atoms with Gasteiger partial charge in [-0.1, -0.05) is 0 Å². The third-order valence-corrected chi connectivity index (χ3v) is 5.33. The summed E-state index contributed by atoms with van der Waals surface area (Å²) in [5.74, 6) is 1.17. The van der Waals surface area contributed by atoms with E-state index in [9.17, 15) is 10.2 Å². The number of hydrogen-bond donors (Lipinski definition) is 5. The number of thiophene rings is 1. The van der Waals surface area contributed by atoms with Gasteiger partial charge in [0.25, 0.3) is 0 Å². The molecule has 5 N–H and O–H groups in total. The minimum atomic E-state index is 0.00741. The zero-order valence-corrected chi connectivity index (χ0v) is 15.9. The Morgan fingerprint density at radius 3 is 2.72 bits per heavy atom. The van der Waals surface area contributed by atoms with Gasteiger partial charge in [-0.15, -0.1) is 11.3 Å². The maximum Gasteiger partial charge on any atom is 0.225 e. The van der Waals surface area contributed by atoms with Gasteiger partial charge in [0.15, 0.2) is 5.82 Å². The summed E-state index contributed by atoms with van der Waals surface area (Å²) >= 11 is 1.57. The van der Waals surface area contributed by atoms with Crippen molar-refractivity contribution in [2.75, 3.05) is 10.6 Å². The highest BCUT2D eigenvalue weighted by atomic mass is 32.1. The summed E-state index contributed by atoms with van der Waals surface area (Å²) in [5.41, 5.74) is 3.42. The molecule has 0 aliphatic heterocycles. The second-order valence-corrected chi connectivity index (χ2v) is 7.46. The van der Waals surface area contributed by atoms with E-state index in [-0.39, 0.29) is 11.5 Å². The second-order valence-electron chi connectivity index (χ2n) is 6.54. The molecule has 5 rings (SSSR count). The van der Waals surface area contributed by atoms with Crippen molar-refractivity contribution in [1.29, 1.82) is 0 Å². The third kappa shape index (κ3) is 3.50. The van der Waals surface area contributed by atoms with Gasteiger partial charge in [0.1, 0.15) is 11.5 Å². The highest BCUT2D eigenvalue weighted by molar-refractivity contribution is 7.17. The molecule has 5 aromatic rings. The van der Waals surface area contributed by atoms with E-state index >= 15 is 0 Å². The zero-order valence-electron chi connectivity index (χ0n) is 15.0. The number of hydrogen-bond acceptors (Lipinski definition) is 8. The van der Waals surface area contributed by atoms with E-state index in [4.69, 9.17) is 0 Å². The molecule has 0 aliphatic carbocycles. The van der Waals surface area contributed by atoms with E-state index in [2.05, 4.69) is 30.8 Å².